The van der Waals surface area contributed by atoms with E-state index in [1.54, 1.807) is 19.1 Å². The summed E-state index contributed by atoms with van der Waals surface area (Å²) in [4.78, 5) is 19.2. The van der Waals surface area contributed by atoms with Gasteiger partial charge in [0.2, 0.25) is 0 Å². The monoisotopic (exact) mass is 278 g/mol. The number of carboxylic acids is 1. The topological polar surface area (TPSA) is 72.3 Å². The molecule has 0 amide bonds. The molecule has 0 unspecified atom stereocenters. The second kappa shape index (κ2) is 5.24. The number of aromatic carboxylic acids is 1. The van der Waals surface area contributed by atoms with Crippen molar-refractivity contribution in [2.75, 3.05) is 7.11 Å². The molecule has 0 atom stereocenters. The summed E-state index contributed by atoms with van der Waals surface area (Å²) < 4.78 is 5.19. The smallest absolute Gasteiger partial charge is 0.337 e. The average molecular weight is 279 g/mol. The molecule has 0 aliphatic rings. The molecule has 5 nitrogen and oxygen atoms in total. The minimum Gasteiger partial charge on any atom is -0.494 e. The quantitative estimate of drug-likeness (QED) is 0.874. The van der Waals surface area contributed by atoms with Gasteiger partial charge >= 0.3 is 5.97 Å². The van der Waals surface area contributed by atoms with Crippen LogP contribution < -0.4 is 4.74 Å². The lowest BCUT2D eigenvalue weighted by atomic mass is 10.0. The minimum absolute atomic E-state index is 0.0890. The molecule has 6 heteroatoms. The lowest BCUT2D eigenvalue weighted by Gasteiger charge is -2.11. The third-order valence-corrected chi connectivity index (χ3v) is 2.82. The van der Waals surface area contributed by atoms with E-state index >= 15 is 0 Å². The Hall–Kier alpha value is -2.14. The molecule has 0 radical (unpaired) electrons. The number of ether oxygens (including phenoxy) is 1. The van der Waals surface area contributed by atoms with Crippen molar-refractivity contribution in [1.82, 2.24) is 9.97 Å². The van der Waals surface area contributed by atoms with Crippen LogP contribution in [0.3, 0.4) is 0 Å². The molecule has 2 rings (SSSR count). The van der Waals surface area contributed by atoms with Crippen LogP contribution in [0, 0.1) is 6.92 Å². The maximum absolute atomic E-state index is 11.3. The van der Waals surface area contributed by atoms with Gasteiger partial charge in [-0.3, -0.25) is 4.98 Å². The highest BCUT2D eigenvalue weighted by Gasteiger charge is 2.16. The number of hydrogen-bond donors (Lipinski definition) is 1. The molecule has 0 aromatic carbocycles. The minimum atomic E-state index is -1.06. The number of carboxylic acid groups (broad SMARTS) is 1. The zero-order valence-electron chi connectivity index (χ0n) is 10.3. The van der Waals surface area contributed by atoms with Crippen LogP contribution in [0.25, 0.3) is 11.1 Å². The molecule has 98 valence electrons. The maximum atomic E-state index is 11.3. The van der Waals surface area contributed by atoms with Crippen molar-refractivity contribution in [3.05, 3.63) is 40.9 Å². The van der Waals surface area contributed by atoms with E-state index in [1.807, 2.05) is 0 Å². The van der Waals surface area contributed by atoms with Crippen LogP contribution >= 0.6 is 11.6 Å². The van der Waals surface area contributed by atoms with Crippen LogP contribution in [0.15, 0.2) is 24.5 Å². The second-order valence-corrected chi connectivity index (χ2v) is 4.27. The first-order valence-electron chi connectivity index (χ1n) is 5.42. The van der Waals surface area contributed by atoms with Gasteiger partial charge in [0.25, 0.3) is 0 Å². The van der Waals surface area contributed by atoms with E-state index < -0.39 is 5.97 Å². The number of nitrogens with zero attached hydrogens (tertiary/aromatic N) is 2. The Morgan fingerprint density at radius 1 is 1.26 bits per heavy atom. The summed E-state index contributed by atoms with van der Waals surface area (Å²) in [6, 6.07) is 3.25. The molecule has 2 aromatic rings. The number of aromatic nitrogens is 2. The first kappa shape index (κ1) is 13.3. The Labute approximate surface area is 114 Å². The molecule has 2 aromatic heterocycles. The normalized spacial score (nSPS) is 10.3. The first-order chi connectivity index (χ1) is 9.02. The van der Waals surface area contributed by atoms with Crippen molar-refractivity contribution in [3.63, 3.8) is 0 Å². The predicted molar refractivity (Wildman–Crippen MR) is 70.7 cm³/mol. The van der Waals surface area contributed by atoms with Gasteiger partial charge in [-0.2, -0.15) is 0 Å². The van der Waals surface area contributed by atoms with E-state index in [0.29, 0.717) is 22.6 Å². The number of halogens is 1. The van der Waals surface area contributed by atoms with Crippen LogP contribution in [0.4, 0.5) is 0 Å². The summed E-state index contributed by atoms with van der Waals surface area (Å²) in [5.41, 5.74) is 1.87. The summed E-state index contributed by atoms with van der Waals surface area (Å²) in [5, 5.41) is 9.49. The molecule has 0 saturated carbocycles. The van der Waals surface area contributed by atoms with Crippen molar-refractivity contribution < 1.29 is 14.6 Å². The van der Waals surface area contributed by atoms with Gasteiger partial charge in [-0.05, 0) is 19.1 Å². The Morgan fingerprint density at radius 2 is 2.00 bits per heavy atom. The van der Waals surface area contributed by atoms with Crippen LogP contribution in [-0.2, 0) is 0 Å². The highest BCUT2D eigenvalue weighted by molar-refractivity contribution is 6.29. The fourth-order valence-corrected chi connectivity index (χ4v) is 1.90. The Morgan fingerprint density at radius 3 is 2.63 bits per heavy atom. The van der Waals surface area contributed by atoms with Gasteiger partial charge in [0.15, 0.2) is 0 Å². The van der Waals surface area contributed by atoms with Crippen LogP contribution in [-0.4, -0.2) is 28.2 Å². The second-order valence-electron chi connectivity index (χ2n) is 3.88. The van der Waals surface area contributed by atoms with E-state index in [2.05, 4.69) is 9.97 Å². The summed E-state index contributed by atoms with van der Waals surface area (Å²) in [7, 11) is 1.49. The number of carbonyl (C=O) groups is 1. The summed E-state index contributed by atoms with van der Waals surface area (Å²) in [6.07, 6.45) is 2.78. The fourth-order valence-electron chi connectivity index (χ4n) is 1.74. The third kappa shape index (κ3) is 2.66. The van der Waals surface area contributed by atoms with Crippen LogP contribution in [0.2, 0.25) is 5.15 Å². The fraction of sp³-hybridized carbons (Fsp3) is 0.154. The zero-order valence-corrected chi connectivity index (χ0v) is 11.1. The third-order valence-electron chi connectivity index (χ3n) is 2.62. The van der Waals surface area contributed by atoms with Crippen molar-refractivity contribution >= 4 is 17.6 Å². The van der Waals surface area contributed by atoms with Gasteiger partial charge in [0.1, 0.15) is 10.9 Å². The lowest BCUT2D eigenvalue weighted by molar-refractivity contribution is 0.0697. The number of rotatable bonds is 3. The summed E-state index contributed by atoms with van der Waals surface area (Å²) >= 11 is 5.87. The SMILES string of the molecule is COc1cnc(Cl)cc1-c1cc(C)ncc1C(=O)O. The predicted octanol–water partition coefficient (Wildman–Crippen LogP) is 2.81. The molecule has 0 aliphatic carbocycles. The Kier molecular flexibility index (Phi) is 3.66. The van der Waals surface area contributed by atoms with Gasteiger partial charge in [-0.1, -0.05) is 11.6 Å². The highest BCUT2D eigenvalue weighted by Crippen LogP contribution is 2.33. The standard InChI is InChI=1S/C13H11ClN2O3/c1-7-3-8(10(5-15-7)13(17)18)9-4-12(14)16-6-11(9)19-2/h3-6H,1-2H3,(H,17,18). The number of aryl methyl sites for hydroxylation is 1. The lowest BCUT2D eigenvalue weighted by Crippen LogP contribution is -2.02. The molecule has 0 spiro atoms. The van der Waals surface area contributed by atoms with Gasteiger partial charge in [-0.15, -0.1) is 0 Å². The molecular weight excluding hydrogens is 268 g/mol. The van der Waals surface area contributed by atoms with E-state index in [0.717, 1.165) is 0 Å². The zero-order chi connectivity index (χ0) is 14.0. The van der Waals surface area contributed by atoms with E-state index in [1.165, 1.54) is 19.5 Å². The molecule has 19 heavy (non-hydrogen) atoms. The van der Waals surface area contributed by atoms with Gasteiger partial charge in [0.05, 0.1) is 18.9 Å². The number of hydrogen-bond acceptors (Lipinski definition) is 4. The average Bonchev–Trinajstić information content (AvgIpc) is 2.38. The largest absolute Gasteiger partial charge is 0.494 e. The van der Waals surface area contributed by atoms with Crippen LogP contribution in [0.1, 0.15) is 16.1 Å². The molecule has 2 heterocycles. The first-order valence-corrected chi connectivity index (χ1v) is 5.80. The summed E-state index contributed by atoms with van der Waals surface area (Å²) in [6.45, 7) is 1.78. The molecule has 0 saturated heterocycles. The molecule has 0 aliphatic heterocycles. The Balaban J connectivity index is 2.73. The van der Waals surface area contributed by atoms with Crippen molar-refractivity contribution in [2.45, 2.75) is 6.92 Å². The number of pyridine rings is 2. The molecule has 0 bridgehead atoms. The van der Waals surface area contributed by atoms with E-state index in [-0.39, 0.29) is 10.7 Å². The molecular formula is C13H11ClN2O3. The number of methoxy groups -OCH3 is 1. The maximum Gasteiger partial charge on any atom is 0.337 e. The summed E-state index contributed by atoms with van der Waals surface area (Å²) in [5.74, 6) is -0.602. The molecule has 1 N–H and O–H groups in total. The van der Waals surface area contributed by atoms with Gasteiger partial charge < -0.3 is 9.84 Å². The van der Waals surface area contributed by atoms with Gasteiger partial charge in [-0.25, -0.2) is 9.78 Å². The highest BCUT2D eigenvalue weighted by atomic mass is 35.5. The van der Waals surface area contributed by atoms with Crippen molar-refractivity contribution in [1.29, 1.82) is 0 Å². The van der Waals surface area contributed by atoms with Crippen molar-refractivity contribution in [3.8, 4) is 16.9 Å². The molecule has 0 fully saturated rings. The van der Waals surface area contributed by atoms with Gasteiger partial charge in [0, 0.05) is 23.0 Å². The van der Waals surface area contributed by atoms with E-state index in [9.17, 15) is 9.90 Å². The van der Waals surface area contributed by atoms with Crippen molar-refractivity contribution in [2.24, 2.45) is 0 Å². The van der Waals surface area contributed by atoms with Crippen LogP contribution in [0.5, 0.6) is 5.75 Å². The Bertz CT molecular complexity index is 644. The van der Waals surface area contributed by atoms with E-state index in [4.69, 9.17) is 16.3 Å².